The summed E-state index contributed by atoms with van der Waals surface area (Å²) in [6.45, 7) is 9.22. The van der Waals surface area contributed by atoms with Crippen LogP contribution in [0.3, 0.4) is 0 Å². The maximum atomic E-state index is 11.0. The van der Waals surface area contributed by atoms with Crippen LogP contribution in [0.25, 0.3) is 0 Å². The van der Waals surface area contributed by atoms with Gasteiger partial charge in [-0.25, -0.2) is 4.79 Å². The minimum absolute atomic E-state index is 0.167. The molecule has 0 saturated carbocycles. The first kappa shape index (κ1) is 14.6. The number of hydrogen-bond donors (Lipinski definition) is 1. The minimum atomic E-state index is -0.901. The van der Waals surface area contributed by atoms with Gasteiger partial charge in [0.25, 0.3) is 0 Å². The lowest BCUT2D eigenvalue weighted by Gasteiger charge is -2.32. The first-order valence-electron chi connectivity index (χ1n) is 6.66. The Kier molecular flexibility index (Phi) is 3.82. The summed E-state index contributed by atoms with van der Waals surface area (Å²) in [4.78, 5) is 12.3. The molecule has 19 heavy (non-hydrogen) atoms. The zero-order valence-corrected chi connectivity index (χ0v) is 12.0. The van der Waals surface area contributed by atoms with Crippen LogP contribution >= 0.6 is 0 Å². The Bertz CT molecular complexity index is 344. The maximum Gasteiger partial charge on any atom is 0.460 e. The summed E-state index contributed by atoms with van der Waals surface area (Å²) in [6.07, 6.45) is -0.516. The van der Waals surface area contributed by atoms with E-state index >= 15 is 0 Å². The lowest BCUT2D eigenvalue weighted by molar-refractivity contribution is -0.0151. The predicted octanol–water partition coefficient (Wildman–Crippen LogP) is 1.46. The minimum Gasteiger partial charge on any atom is -0.465 e. The van der Waals surface area contributed by atoms with E-state index in [0.29, 0.717) is 26.0 Å². The summed E-state index contributed by atoms with van der Waals surface area (Å²) in [5.74, 6) is 0. The molecule has 0 spiro atoms. The van der Waals surface area contributed by atoms with E-state index in [9.17, 15) is 4.79 Å². The second-order valence-corrected chi connectivity index (χ2v) is 6.14. The lowest BCUT2D eigenvalue weighted by atomic mass is 9.81. The summed E-state index contributed by atoms with van der Waals surface area (Å²) in [5.41, 5.74) is -0.725. The van der Waals surface area contributed by atoms with Crippen molar-refractivity contribution < 1.29 is 23.9 Å². The quantitative estimate of drug-likeness (QED) is 0.770. The van der Waals surface area contributed by atoms with Crippen LogP contribution in [0.4, 0.5) is 4.79 Å². The summed E-state index contributed by atoms with van der Waals surface area (Å²) < 4.78 is 17.4. The van der Waals surface area contributed by atoms with Crippen molar-refractivity contribution in [3.63, 3.8) is 0 Å². The van der Waals surface area contributed by atoms with E-state index in [1.807, 2.05) is 27.7 Å². The summed E-state index contributed by atoms with van der Waals surface area (Å²) in [5, 5.41) is 8.99. The third-order valence-electron chi connectivity index (χ3n) is 4.17. The largest absolute Gasteiger partial charge is 0.465 e. The van der Waals surface area contributed by atoms with Crippen LogP contribution in [0.1, 0.15) is 27.7 Å². The zero-order chi connectivity index (χ0) is 14.3. The van der Waals surface area contributed by atoms with Crippen molar-refractivity contribution in [2.75, 3.05) is 19.7 Å². The summed E-state index contributed by atoms with van der Waals surface area (Å²) >= 11 is 0. The molecule has 0 aliphatic carbocycles. The van der Waals surface area contributed by atoms with Crippen LogP contribution in [0.15, 0.2) is 0 Å². The fraction of sp³-hybridized carbons (Fsp3) is 0.917. The Morgan fingerprint density at radius 3 is 2.42 bits per heavy atom. The average Bonchev–Trinajstić information content (AvgIpc) is 2.47. The van der Waals surface area contributed by atoms with Crippen LogP contribution < -0.4 is 0 Å². The van der Waals surface area contributed by atoms with Crippen molar-refractivity contribution >= 4 is 13.2 Å². The molecule has 0 radical (unpaired) electrons. The van der Waals surface area contributed by atoms with E-state index in [1.54, 1.807) is 0 Å². The van der Waals surface area contributed by atoms with E-state index in [-0.39, 0.29) is 24.4 Å². The van der Waals surface area contributed by atoms with Crippen LogP contribution in [0.5, 0.6) is 0 Å². The number of hydrogen-bond acceptors (Lipinski definition) is 4. The molecule has 1 atom stereocenters. The number of rotatable bonds is 2. The van der Waals surface area contributed by atoms with Gasteiger partial charge in [0.15, 0.2) is 0 Å². The van der Waals surface area contributed by atoms with E-state index in [1.165, 1.54) is 4.90 Å². The lowest BCUT2D eigenvalue weighted by Crippen LogP contribution is -2.46. The van der Waals surface area contributed by atoms with Gasteiger partial charge in [-0.3, -0.25) is 0 Å². The van der Waals surface area contributed by atoms with Gasteiger partial charge < -0.3 is 24.1 Å². The maximum absolute atomic E-state index is 11.0. The molecule has 1 N–H and O–H groups in total. The molecule has 0 bridgehead atoms. The molecule has 0 aromatic heterocycles. The van der Waals surface area contributed by atoms with E-state index in [0.717, 1.165) is 0 Å². The third-order valence-corrected chi connectivity index (χ3v) is 4.17. The molecule has 1 unspecified atom stereocenters. The number of carbonyl (C=O) groups is 1. The van der Waals surface area contributed by atoms with Crippen molar-refractivity contribution in [1.29, 1.82) is 0 Å². The number of carboxylic acid groups (broad SMARTS) is 1. The molecule has 2 aliphatic heterocycles. The first-order chi connectivity index (χ1) is 8.71. The Morgan fingerprint density at radius 2 is 1.89 bits per heavy atom. The Labute approximate surface area is 114 Å². The van der Waals surface area contributed by atoms with Crippen molar-refractivity contribution in [1.82, 2.24) is 4.90 Å². The highest BCUT2D eigenvalue weighted by molar-refractivity contribution is 6.45. The van der Waals surface area contributed by atoms with Gasteiger partial charge in [-0.05, 0) is 27.7 Å². The Morgan fingerprint density at radius 1 is 1.32 bits per heavy atom. The van der Waals surface area contributed by atoms with E-state index in [4.69, 9.17) is 19.2 Å². The molecular formula is C12H22BNO5. The first-order valence-corrected chi connectivity index (χ1v) is 6.66. The van der Waals surface area contributed by atoms with Gasteiger partial charge in [-0.1, -0.05) is 0 Å². The second kappa shape index (κ2) is 4.96. The number of nitrogens with zero attached hydrogens (tertiary/aromatic N) is 1. The van der Waals surface area contributed by atoms with Crippen LogP contribution in [-0.4, -0.2) is 60.2 Å². The number of morpholine rings is 1. The van der Waals surface area contributed by atoms with Crippen LogP contribution in [0, 0.1) is 0 Å². The molecule has 2 saturated heterocycles. The molecule has 2 heterocycles. The van der Waals surface area contributed by atoms with Gasteiger partial charge >= 0.3 is 13.2 Å². The van der Waals surface area contributed by atoms with Gasteiger partial charge in [0.05, 0.1) is 23.9 Å². The Hall–Kier alpha value is -0.785. The van der Waals surface area contributed by atoms with Crippen molar-refractivity contribution in [2.24, 2.45) is 0 Å². The molecule has 108 valence electrons. The predicted molar refractivity (Wildman–Crippen MR) is 70.2 cm³/mol. The smallest absolute Gasteiger partial charge is 0.460 e. The monoisotopic (exact) mass is 271 g/mol. The molecule has 0 aromatic rings. The van der Waals surface area contributed by atoms with Crippen molar-refractivity contribution in [3.05, 3.63) is 0 Å². The second-order valence-electron chi connectivity index (χ2n) is 6.14. The topological polar surface area (TPSA) is 68.2 Å². The van der Waals surface area contributed by atoms with Crippen LogP contribution in [0.2, 0.25) is 6.32 Å². The van der Waals surface area contributed by atoms with Gasteiger partial charge in [-0.15, -0.1) is 0 Å². The fourth-order valence-corrected chi connectivity index (χ4v) is 2.31. The van der Waals surface area contributed by atoms with Crippen molar-refractivity contribution in [3.8, 4) is 0 Å². The molecular weight excluding hydrogens is 249 g/mol. The van der Waals surface area contributed by atoms with Gasteiger partial charge in [0.1, 0.15) is 0 Å². The van der Waals surface area contributed by atoms with Crippen LogP contribution in [-0.2, 0) is 14.0 Å². The van der Waals surface area contributed by atoms with Gasteiger partial charge in [0.2, 0.25) is 0 Å². The summed E-state index contributed by atoms with van der Waals surface area (Å²) in [6, 6.07) is 0. The molecule has 7 heteroatoms. The highest BCUT2D eigenvalue weighted by Gasteiger charge is 2.51. The van der Waals surface area contributed by atoms with Gasteiger partial charge in [0, 0.05) is 19.4 Å². The van der Waals surface area contributed by atoms with E-state index in [2.05, 4.69) is 0 Å². The molecule has 0 aromatic carbocycles. The number of amides is 1. The molecule has 1 amide bonds. The number of ether oxygens (including phenoxy) is 1. The van der Waals surface area contributed by atoms with E-state index < -0.39 is 6.09 Å². The van der Waals surface area contributed by atoms with Crippen molar-refractivity contribution in [2.45, 2.75) is 51.3 Å². The highest BCUT2D eigenvalue weighted by Crippen LogP contribution is 2.38. The SMILES string of the molecule is CC1(C)OB(CC2CN(C(=O)O)CCO2)OC1(C)C. The average molecular weight is 271 g/mol. The Balaban J connectivity index is 1.91. The molecule has 2 aliphatic rings. The molecule has 2 fully saturated rings. The fourth-order valence-electron chi connectivity index (χ4n) is 2.31. The normalized spacial score (nSPS) is 29.6. The zero-order valence-electron chi connectivity index (χ0n) is 12.0. The summed E-state index contributed by atoms with van der Waals surface area (Å²) in [7, 11) is -0.344. The highest BCUT2D eigenvalue weighted by atomic mass is 16.7. The standard InChI is InChI=1S/C12H22BNO5/c1-11(2)12(3,4)19-13(18-11)7-9-8-14(10(15)16)5-6-17-9/h9H,5-8H2,1-4H3,(H,15,16). The van der Waals surface area contributed by atoms with Gasteiger partial charge in [-0.2, -0.15) is 0 Å². The molecule has 6 nitrogen and oxygen atoms in total. The third kappa shape index (κ3) is 3.04. The molecule has 2 rings (SSSR count).